The summed E-state index contributed by atoms with van der Waals surface area (Å²) in [6.07, 6.45) is 0. The highest BCUT2D eigenvalue weighted by molar-refractivity contribution is 9.10. The fourth-order valence-electron chi connectivity index (χ4n) is 2.13. The van der Waals surface area contributed by atoms with Crippen molar-refractivity contribution >= 4 is 27.4 Å². The van der Waals surface area contributed by atoms with E-state index in [0.29, 0.717) is 17.8 Å². The van der Waals surface area contributed by atoms with Gasteiger partial charge in [-0.1, -0.05) is 34.1 Å². The van der Waals surface area contributed by atoms with Gasteiger partial charge in [-0.25, -0.2) is 4.39 Å². The molecule has 0 fully saturated rings. The Bertz CT molecular complexity index is 625. The molecule has 4 heteroatoms. The lowest BCUT2D eigenvalue weighted by atomic mass is 10.1. The van der Waals surface area contributed by atoms with Gasteiger partial charge in [-0.05, 0) is 36.8 Å². The second kappa shape index (κ2) is 6.18. The van der Waals surface area contributed by atoms with Gasteiger partial charge in [0.05, 0.1) is 5.69 Å². The molecule has 2 aromatic rings. The number of hydrogen-bond donors (Lipinski definition) is 0. The first-order valence-electron chi connectivity index (χ1n) is 6.24. The maximum atomic E-state index is 14.0. The highest BCUT2D eigenvalue weighted by Gasteiger charge is 2.16. The van der Waals surface area contributed by atoms with E-state index < -0.39 is 0 Å². The van der Waals surface area contributed by atoms with Gasteiger partial charge in [0.25, 0.3) is 0 Å². The zero-order valence-corrected chi connectivity index (χ0v) is 12.9. The Morgan fingerprint density at radius 1 is 1.20 bits per heavy atom. The highest BCUT2D eigenvalue weighted by atomic mass is 79.9. The highest BCUT2D eigenvalue weighted by Crippen LogP contribution is 2.25. The van der Waals surface area contributed by atoms with Gasteiger partial charge in [0.2, 0.25) is 0 Å². The number of Topliss-reactive ketones (excluding diaryl/α,β-unsaturated/α-hetero) is 1. The Labute approximate surface area is 126 Å². The van der Waals surface area contributed by atoms with Crippen molar-refractivity contribution in [2.75, 3.05) is 11.9 Å². The van der Waals surface area contributed by atoms with Crippen molar-refractivity contribution in [1.82, 2.24) is 0 Å². The molecule has 0 saturated carbocycles. The van der Waals surface area contributed by atoms with E-state index in [4.69, 9.17) is 0 Å². The van der Waals surface area contributed by atoms with E-state index in [-0.39, 0.29) is 11.6 Å². The number of para-hydroxylation sites is 1. The third-order valence-electron chi connectivity index (χ3n) is 3.08. The summed E-state index contributed by atoms with van der Waals surface area (Å²) in [6.45, 7) is 1.99. The Kier molecular flexibility index (Phi) is 4.55. The Hall–Kier alpha value is -1.68. The third kappa shape index (κ3) is 3.25. The summed E-state index contributed by atoms with van der Waals surface area (Å²) in [4.78, 5) is 13.4. The minimum absolute atomic E-state index is 0.137. The molecule has 0 N–H and O–H groups in total. The number of nitrogens with zero attached hydrogens (tertiary/aromatic N) is 1. The van der Waals surface area contributed by atoms with E-state index >= 15 is 0 Å². The molecule has 2 rings (SSSR count). The van der Waals surface area contributed by atoms with E-state index in [1.54, 1.807) is 24.1 Å². The quantitative estimate of drug-likeness (QED) is 0.770. The molecule has 20 heavy (non-hydrogen) atoms. The lowest BCUT2D eigenvalue weighted by molar-refractivity contribution is 0.101. The standard InChI is InChI=1S/C16H15BrFNO/c1-11(20)14-4-3-5-15(18)16(14)19(2)10-12-6-8-13(17)9-7-12/h3-9H,10H2,1-2H3. The molecule has 0 heterocycles. The fourth-order valence-corrected chi connectivity index (χ4v) is 2.39. The molecule has 0 radical (unpaired) electrons. The molecule has 0 saturated heterocycles. The van der Waals surface area contributed by atoms with Gasteiger partial charge in [0, 0.05) is 23.6 Å². The molecule has 2 nitrogen and oxygen atoms in total. The second-order valence-corrected chi connectivity index (χ2v) is 5.59. The summed E-state index contributed by atoms with van der Waals surface area (Å²) in [5.41, 5.74) is 1.81. The zero-order chi connectivity index (χ0) is 14.7. The SMILES string of the molecule is CC(=O)c1cccc(F)c1N(C)Cc1ccc(Br)cc1. The van der Waals surface area contributed by atoms with Crippen LogP contribution in [0.4, 0.5) is 10.1 Å². The van der Waals surface area contributed by atoms with Gasteiger partial charge >= 0.3 is 0 Å². The van der Waals surface area contributed by atoms with Crippen LogP contribution >= 0.6 is 15.9 Å². The summed E-state index contributed by atoms with van der Waals surface area (Å²) < 4.78 is 15.0. The largest absolute Gasteiger partial charge is 0.367 e. The van der Waals surface area contributed by atoms with Crippen LogP contribution in [0.2, 0.25) is 0 Å². The number of anilines is 1. The molecule has 0 aromatic heterocycles. The molecule has 0 unspecified atom stereocenters. The lowest BCUT2D eigenvalue weighted by Gasteiger charge is -2.22. The average Bonchev–Trinajstić information content (AvgIpc) is 2.40. The number of ketones is 1. The van der Waals surface area contributed by atoms with Crippen molar-refractivity contribution in [2.45, 2.75) is 13.5 Å². The predicted octanol–water partition coefficient (Wildman–Crippen LogP) is 4.43. The van der Waals surface area contributed by atoms with Crippen LogP contribution in [0, 0.1) is 5.82 Å². The normalized spacial score (nSPS) is 10.4. The summed E-state index contributed by atoms with van der Waals surface area (Å²) in [5.74, 6) is -0.514. The fraction of sp³-hybridized carbons (Fsp3) is 0.188. The molecule has 0 aliphatic carbocycles. The molecule has 0 atom stereocenters. The minimum Gasteiger partial charge on any atom is -0.367 e. The maximum Gasteiger partial charge on any atom is 0.161 e. The molecule has 2 aromatic carbocycles. The summed E-state index contributed by atoms with van der Waals surface area (Å²) >= 11 is 3.38. The first kappa shape index (κ1) is 14.7. The molecule has 0 spiro atoms. The number of hydrogen-bond acceptors (Lipinski definition) is 2. The van der Waals surface area contributed by atoms with Crippen LogP contribution in [0.25, 0.3) is 0 Å². The van der Waals surface area contributed by atoms with Crippen molar-refractivity contribution in [2.24, 2.45) is 0 Å². The molecule has 0 aliphatic rings. The van der Waals surface area contributed by atoms with E-state index in [1.807, 2.05) is 24.3 Å². The average molecular weight is 336 g/mol. The van der Waals surface area contributed by atoms with E-state index in [2.05, 4.69) is 15.9 Å². The zero-order valence-electron chi connectivity index (χ0n) is 11.4. The van der Waals surface area contributed by atoms with E-state index in [0.717, 1.165) is 10.0 Å². The molecule has 104 valence electrons. The lowest BCUT2D eigenvalue weighted by Crippen LogP contribution is -2.20. The summed E-state index contributed by atoms with van der Waals surface area (Å²) in [6, 6.07) is 12.4. The van der Waals surface area contributed by atoms with Crippen LogP contribution in [-0.2, 0) is 6.54 Å². The first-order valence-corrected chi connectivity index (χ1v) is 7.03. The number of carbonyl (C=O) groups is 1. The smallest absolute Gasteiger partial charge is 0.161 e. The molecular weight excluding hydrogens is 321 g/mol. The molecular formula is C16H15BrFNO. The van der Waals surface area contributed by atoms with Gasteiger partial charge in [-0.15, -0.1) is 0 Å². The molecule has 0 aliphatic heterocycles. The van der Waals surface area contributed by atoms with Crippen LogP contribution in [0.1, 0.15) is 22.8 Å². The van der Waals surface area contributed by atoms with Gasteiger partial charge in [-0.3, -0.25) is 4.79 Å². The molecule has 0 amide bonds. The van der Waals surface area contributed by atoms with E-state index in [9.17, 15) is 9.18 Å². The van der Waals surface area contributed by atoms with E-state index in [1.165, 1.54) is 13.0 Å². The van der Waals surface area contributed by atoms with Crippen LogP contribution in [0.3, 0.4) is 0 Å². The van der Waals surface area contributed by atoms with Crippen molar-refractivity contribution in [3.63, 3.8) is 0 Å². The van der Waals surface area contributed by atoms with Crippen molar-refractivity contribution in [1.29, 1.82) is 0 Å². The summed E-state index contributed by atoms with van der Waals surface area (Å²) in [5, 5.41) is 0. The van der Waals surface area contributed by atoms with Crippen LogP contribution in [0.15, 0.2) is 46.9 Å². The summed E-state index contributed by atoms with van der Waals surface area (Å²) in [7, 11) is 1.78. The Balaban J connectivity index is 2.31. The first-order chi connectivity index (χ1) is 9.49. The van der Waals surface area contributed by atoms with Crippen LogP contribution < -0.4 is 4.90 Å². The number of rotatable bonds is 4. The minimum atomic E-state index is -0.377. The van der Waals surface area contributed by atoms with Gasteiger partial charge in [0.15, 0.2) is 5.78 Å². The van der Waals surface area contributed by atoms with Crippen molar-refractivity contribution in [3.8, 4) is 0 Å². The van der Waals surface area contributed by atoms with Crippen molar-refractivity contribution < 1.29 is 9.18 Å². The second-order valence-electron chi connectivity index (χ2n) is 4.67. The monoisotopic (exact) mass is 335 g/mol. The van der Waals surface area contributed by atoms with Crippen molar-refractivity contribution in [3.05, 3.63) is 63.9 Å². The van der Waals surface area contributed by atoms with Gasteiger partial charge in [0.1, 0.15) is 5.82 Å². The number of carbonyl (C=O) groups excluding carboxylic acids is 1. The van der Waals surface area contributed by atoms with Gasteiger partial charge in [-0.2, -0.15) is 0 Å². The van der Waals surface area contributed by atoms with Gasteiger partial charge < -0.3 is 4.90 Å². The molecule has 0 bridgehead atoms. The van der Waals surface area contributed by atoms with Crippen LogP contribution in [0.5, 0.6) is 0 Å². The van der Waals surface area contributed by atoms with Crippen LogP contribution in [-0.4, -0.2) is 12.8 Å². The topological polar surface area (TPSA) is 20.3 Å². The Morgan fingerprint density at radius 2 is 1.85 bits per heavy atom. The number of benzene rings is 2. The third-order valence-corrected chi connectivity index (χ3v) is 3.61. The predicted molar refractivity (Wildman–Crippen MR) is 82.7 cm³/mol. The Morgan fingerprint density at radius 3 is 2.45 bits per heavy atom. The number of halogens is 2. The maximum absolute atomic E-state index is 14.0.